The standard InChI is InChI=1S/C17H23N3O3/c21-17(14-5-2-1-3-6-14)19-11-9-18(10-12-19)15-7-4-8-16(13-15)20(22)23/h4,7-8,13-14H,1-3,5-6,9-12H2. The van der Waals surface area contributed by atoms with E-state index in [2.05, 4.69) is 4.90 Å². The highest BCUT2D eigenvalue weighted by atomic mass is 16.6. The molecule has 1 aliphatic heterocycles. The number of nitro benzene ring substituents is 1. The van der Waals surface area contributed by atoms with E-state index in [0.717, 1.165) is 31.6 Å². The van der Waals surface area contributed by atoms with E-state index in [-0.39, 0.29) is 16.5 Å². The van der Waals surface area contributed by atoms with Gasteiger partial charge in [-0.1, -0.05) is 25.3 Å². The van der Waals surface area contributed by atoms with Gasteiger partial charge in [-0.15, -0.1) is 0 Å². The quantitative estimate of drug-likeness (QED) is 0.635. The van der Waals surface area contributed by atoms with E-state index in [1.807, 2.05) is 11.0 Å². The third-order valence-corrected chi connectivity index (χ3v) is 4.95. The Morgan fingerprint density at radius 1 is 1.09 bits per heavy atom. The molecule has 0 bridgehead atoms. The average Bonchev–Trinajstić information content (AvgIpc) is 2.62. The molecule has 0 N–H and O–H groups in total. The van der Waals surface area contributed by atoms with Gasteiger partial charge in [0.15, 0.2) is 0 Å². The molecule has 1 saturated carbocycles. The first kappa shape index (κ1) is 15.8. The van der Waals surface area contributed by atoms with Crippen molar-refractivity contribution >= 4 is 17.3 Å². The fourth-order valence-electron chi connectivity index (χ4n) is 3.60. The van der Waals surface area contributed by atoms with Crippen molar-refractivity contribution in [2.75, 3.05) is 31.1 Å². The van der Waals surface area contributed by atoms with Crippen molar-refractivity contribution in [3.8, 4) is 0 Å². The Morgan fingerprint density at radius 3 is 2.43 bits per heavy atom. The van der Waals surface area contributed by atoms with Gasteiger partial charge in [0.25, 0.3) is 5.69 Å². The molecule has 1 heterocycles. The van der Waals surface area contributed by atoms with Crippen molar-refractivity contribution in [1.82, 2.24) is 4.90 Å². The molecule has 124 valence electrons. The Bertz CT molecular complexity index is 576. The minimum absolute atomic E-state index is 0.114. The normalized spacial score (nSPS) is 19.7. The summed E-state index contributed by atoms with van der Waals surface area (Å²) >= 11 is 0. The number of benzene rings is 1. The molecule has 0 unspecified atom stereocenters. The van der Waals surface area contributed by atoms with Crippen molar-refractivity contribution < 1.29 is 9.72 Å². The molecule has 1 aromatic carbocycles. The molecule has 2 fully saturated rings. The lowest BCUT2D eigenvalue weighted by atomic mass is 9.88. The van der Waals surface area contributed by atoms with Crippen LogP contribution in [0.2, 0.25) is 0 Å². The number of nitro groups is 1. The van der Waals surface area contributed by atoms with Gasteiger partial charge < -0.3 is 9.80 Å². The first-order valence-corrected chi connectivity index (χ1v) is 8.43. The fraction of sp³-hybridized carbons (Fsp3) is 0.588. The Balaban J connectivity index is 1.58. The van der Waals surface area contributed by atoms with Crippen LogP contribution in [0.3, 0.4) is 0 Å². The number of non-ortho nitro benzene ring substituents is 1. The number of carbonyl (C=O) groups is 1. The zero-order chi connectivity index (χ0) is 16.2. The van der Waals surface area contributed by atoms with E-state index >= 15 is 0 Å². The summed E-state index contributed by atoms with van der Waals surface area (Å²) in [4.78, 5) is 27.2. The monoisotopic (exact) mass is 317 g/mol. The molecule has 1 amide bonds. The van der Waals surface area contributed by atoms with E-state index in [4.69, 9.17) is 0 Å². The second-order valence-electron chi connectivity index (χ2n) is 6.42. The van der Waals surface area contributed by atoms with Gasteiger partial charge in [-0.3, -0.25) is 14.9 Å². The van der Waals surface area contributed by atoms with Gasteiger partial charge in [0.2, 0.25) is 5.91 Å². The lowest BCUT2D eigenvalue weighted by Gasteiger charge is -2.38. The number of piperazine rings is 1. The van der Waals surface area contributed by atoms with Gasteiger partial charge in [0, 0.05) is 49.9 Å². The maximum atomic E-state index is 12.6. The number of amides is 1. The molecular weight excluding hydrogens is 294 g/mol. The Kier molecular flexibility index (Phi) is 4.79. The summed E-state index contributed by atoms with van der Waals surface area (Å²) in [6, 6.07) is 6.73. The van der Waals surface area contributed by atoms with Crippen molar-refractivity contribution in [2.45, 2.75) is 32.1 Å². The van der Waals surface area contributed by atoms with E-state index in [0.29, 0.717) is 19.0 Å². The Morgan fingerprint density at radius 2 is 1.78 bits per heavy atom. The maximum Gasteiger partial charge on any atom is 0.271 e. The fourth-order valence-corrected chi connectivity index (χ4v) is 3.60. The Labute approximate surface area is 136 Å². The van der Waals surface area contributed by atoms with E-state index in [9.17, 15) is 14.9 Å². The summed E-state index contributed by atoms with van der Waals surface area (Å²) in [6.45, 7) is 2.88. The SMILES string of the molecule is O=C(C1CCCCC1)N1CCN(c2cccc([N+](=O)[O-])c2)CC1. The molecule has 0 atom stereocenters. The summed E-state index contributed by atoms with van der Waals surface area (Å²) in [7, 11) is 0. The van der Waals surface area contributed by atoms with Crippen molar-refractivity contribution in [3.05, 3.63) is 34.4 Å². The van der Waals surface area contributed by atoms with Crippen molar-refractivity contribution in [3.63, 3.8) is 0 Å². The number of anilines is 1. The molecule has 23 heavy (non-hydrogen) atoms. The summed E-state index contributed by atoms with van der Waals surface area (Å²) in [6.07, 6.45) is 5.66. The Hall–Kier alpha value is -2.11. The van der Waals surface area contributed by atoms with E-state index in [1.54, 1.807) is 12.1 Å². The third-order valence-electron chi connectivity index (χ3n) is 4.95. The summed E-state index contributed by atoms with van der Waals surface area (Å²) in [5.41, 5.74) is 0.979. The molecule has 6 nitrogen and oxygen atoms in total. The average molecular weight is 317 g/mol. The third kappa shape index (κ3) is 3.63. The van der Waals surface area contributed by atoms with Gasteiger partial charge in [-0.2, -0.15) is 0 Å². The van der Waals surface area contributed by atoms with Crippen LogP contribution in [-0.2, 0) is 4.79 Å². The number of rotatable bonds is 3. The van der Waals surface area contributed by atoms with Crippen LogP contribution in [0.5, 0.6) is 0 Å². The van der Waals surface area contributed by atoms with Crippen LogP contribution in [0.15, 0.2) is 24.3 Å². The lowest BCUT2D eigenvalue weighted by Crippen LogP contribution is -2.50. The molecule has 2 aliphatic rings. The number of hydrogen-bond donors (Lipinski definition) is 0. The summed E-state index contributed by atoms with van der Waals surface area (Å²) < 4.78 is 0. The van der Waals surface area contributed by atoms with Crippen molar-refractivity contribution in [1.29, 1.82) is 0 Å². The lowest BCUT2D eigenvalue weighted by molar-refractivity contribution is -0.384. The molecule has 1 saturated heterocycles. The summed E-state index contributed by atoms with van der Waals surface area (Å²) in [5, 5.41) is 10.9. The van der Waals surface area contributed by atoms with E-state index < -0.39 is 0 Å². The van der Waals surface area contributed by atoms with Crippen LogP contribution in [0.25, 0.3) is 0 Å². The molecule has 1 aromatic rings. The van der Waals surface area contributed by atoms with Crippen LogP contribution in [0.1, 0.15) is 32.1 Å². The highest BCUT2D eigenvalue weighted by Crippen LogP contribution is 2.27. The highest BCUT2D eigenvalue weighted by molar-refractivity contribution is 5.79. The van der Waals surface area contributed by atoms with Gasteiger partial charge in [0.05, 0.1) is 4.92 Å². The molecule has 1 aliphatic carbocycles. The van der Waals surface area contributed by atoms with Crippen LogP contribution < -0.4 is 4.90 Å². The molecule has 3 rings (SSSR count). The van der Waals surface area contributed by atoms with Crippen LogP contribution in [0.4, 0.5) is 11.4 Å². The van der Waals surface area contributed by atoms with Gasteiger partial charge in [-0.05, 0) is 18.9 Å². The van der Waals surface area contributed by atoms with Gasteiger partial charge >= 0.3 is 0 Å². The van der Waals surface area contributed by atoms with Crippen LogP contribution in [-0.4, -0.2) is 41.9 Å². The minimum atomic E-state index is -0.369. The number of hydrogen-bond acceptors (Lipinski definition) is 4. The topological polar surface area (TPSA) is 66.7 Å². The molecule has 6 heteroatoms. The van der Waals surface area contributed by atoms with Crippen molar-refractivity contribution in [2.24, 2.45) is 5.92 Å². The first-order chi connectivity index (χ1) is 11.1. The predicted molar refractivity (Wildman–Crippen MR) is 88.5 cm³/mol. The largest absolute Gasteiger partial charge is 0.368 e. The van der Waals surface area contributed by atoms with Gasteiger partial charge in [0.1, 0.15) is 0 Å². The smallest absolute Gasteiger partial charge is 0.271 e. The molecule has 0 spiro atoms. The molecule has 0 aromatic heterocycles. The maximum absolute atomic E-state index is 12.6. The molecular formula is C17H23N3O3. The molecule has 0 radical (unpaired) electrons. The first-order valence-electron chi connectivity index (χ1n) is 8.43. The van der Waals surface area contributed by atoms with Gasteiger partial charge in [-0.25, -0.2) is 0 Å². The van der Waals surface area contributed by atoms with Crippen LogP contribution >= 0.6 is 0 Å². The van der Waals surface area contributed by atoms with E-state index in [1.165, 1.54) is 25.3 Å². The second-order valence-corrected chi connectivity index (χ2v) is 6.42. The summed E-state index contributed by atoms with van der Waals surface area (Å²) in [5.74, 6) is 0.525. The zero-order valence-corrected chi connectivity index (χ0v) is 13.3. The number of carbonyl (C=O) groups excluding carboxylic acids is 1. The zero-order valence-electron chi connectivity index (χ0n) is 13.3. The van der Waals surface area contributed by atoms with Crippen LogP contribution in [0, 0.1) is 16.0 Å². The number of nitrogens with zero attached hydrogens (tertiary/aromatic N) is 3. The highest BCUT2D eigenvalue weighted by Gasteiger charge is 2.28. The minimum Gasteiger partial charge on any atom is -0.368 e. The second kappa shape index (κ2) is 6.98. The predicted octanol–water partition coefficient (Wildman–Crippen LogP) is 2.82.